The van der Waals surface area contributed by atoms with Crippen LogP contribution in [0.5, 0.6) is 0 Å². The fourth-order valence-electron chi connectivity index (χ4n) is 7.43. The molecule has 1 aliphatic heterocycles. The Balaban J connectivity index is 1.20. The summed E-state index contributed by atoms with van der Waals surface area (Å²) in [6.07, 6.45) is -1.68. The quantitative estimate of drug-likeness (QED) is 0.0803. The van der Waals surface area contributed by atoms with Crippen molar-refractivity contribution in [3.8, 4) is 11.3 Å². The monoisotopic (exact) mass is 874 g/mol. The van der Waals surface area contributed by atoms with Crippen LogP contribution in [-0.2, 0) is 33.4 Å². The minimum absolute atomic E-state index is 0.0936. The first kappa shape index (κ1) is 49.2. The van der Waals surface area contributed by atoms with Crippen molar-refractivity contribution in [2.75, 3.05) is 89.5 Å². The van der Waals surface area contributed by atoms with Crippen molar-refractivity contribution < 1.29 is 37.0 Å². The number of hydrogen-bond donors (Lipinski definition) is 2. The minimum atomic E-state index is -4.49. The summed E-state index contributed by atoms with van der Waals surface area (Å²) in [7, 11) is 2.13. The number of nitrogens with zero attached hydrogens (tertiary/aromatic N) is 4. The van der Waals surface area contributed by atoms with E-state index in [9.17, 15) is 22.8 Å². The van der Waals surface area contributed by atoms with Gasteiger partial charge in [-0.15, -0.1) is 0 Å². The Bertz CT molecular complexity index is 2100. The van der Waals surface area contributed by atoms with E-state index in [4.69, 9.17) is 14.2 Å². The van der Waals surface area contributed by atoms with Gasteiger partial charge in [0, 0.05) is 87.4 Å². The van der Waals surface area contributed by atoms with Gasteiger partial charge in [0.25, 0.3) is 11.8 Å². The number of rotatable bonds is 22. The van der Waals surface area contributed by atoms with Crippen LogP contribution >= 0.6 is 0 Å². The van der Waals surface area contributed by atoms with Gasteiger partial charge in [-0.25, -0.2) is 0 Å². The first-order chi connectivity index (χ1) is 29.9. The number of hydrogen-bond acceptors (Lipinski definition) is 9. The number of ether oxygens (including phenoxy) is 3. The number of amides is 2. The highest BCUT2D eigenvalue weighted by molar-refractivity contribution is 6.06. The first-order valence-corrected chi connectivity index (χ1v) is 21.9. The number of alkyl halides is 3. The molecule has 0 saturated carbocycles. The molecule has 0 spiro atoms. The molecule has 5 rings (SSSR count). The van der Waals surface area contributed by atoms with Crippen molar-refractivity contribution in [3.05, 3.63) is 113 Å². The Morgan fingerprint density at radius 2 is 1.51 bits per heavy atom. The molecule has 0 atom stereocenters. The van der Waals surface area contributed by atoms with E-state index in [1.54, 1.807) is 12.1 Å². The molecule has 1 aliphatic rings. The Morgan fingerprint density at radius 1 is 0.810 bits per heavy atom. The fourth-order valence-corrected chi connectivity index (χ4v) is 7.43. The number of nitrogens with one attached hydrogen (secondary N) is 2. The number of morpholine rings is 1. The van der Waals surface area contributed by atoms with Crippen LogP contribution < -0.4 is 15.5 Å². The highest BCUT2D eigenvalue weighted by Crippen LogP contribution is 2.33. The molecule has 0 aliphatic carbocycles. The third kappa shape index (κ3) is 15.4. The van der Waals surface area contributed by atoms with Crippen LogP contribution in [0, 0.1) is 0 Å². The summed E-state index contributed by atoms with van der Waals surface area (Å²) in [6, 6.07) is 21.2. The average molecular weight is 875 g/mol. The third-order valence-corrected chi connectivity index (χ3v) is 11.3. The SMILES string of the molecule is CCN(CC)c1ccc(NC(=O)c2cccc(CC(C)(C)OCCC(C)(C)OCCN(C)CCN3CCOCC3)c2)c(-c2cc(C(=O)NCc3cccc(C(F)(F)F)c3)ccn2)c1. The van der Waals surface area contributed by atoms with Crippen molar-refractivity contribution in [2.45, 2.75) is 78.3 Å². The van der Waals surface area contributed by atoms with Crippen LogP contribution in [0.4, 0.5) is 24.5 Å². The number of anilines is 2. The molecule has 0 unspecified atom stereocenters. The lowest BCUT2D eigenvalue weighted by Gasteiger charge is -2.31. The van der Waals surface area contributed by atoms with Gasteiger partial charge in [0.1, 0.15) is 0 Å². The minimum Gasteiger partial charge on any atom is -0.379 e. The van der Waals surface area contributed by atoms with Gasteiger partial charge in [0.2, 0.25) is 0 Å². The van der Waals surface area contributed by atoms with E-state index in [2.05, 4.69) is 65.1 Å². The number of halogens is 3. The number of carbonyl (C=O) groups is 2. The van der Waals surface area contributed by atoms with Gasteiger partial charge in [-0.2, -0.15) is 13.2 Å². The maximum absolute atomic E-state index is 13.9. The normalized spacial score (nSPS) is 13.9. The molecular weight excluding hydrogens is 810 g/mol. The fraction of sp³-hybridized carbons (Fsp3) is 0.490. The maximum atomic E-state index is 13.9. The second-order valence-electron chi connectivity index (χ2n) is 17.3. The van der Waals surface area contributed by atoms with Crippen LogP contribution in [0.25, 0.3) is 11.3 Å². The summed E-state index contributed by atoms with van der Waals surface area (Å²) >= 11 is 0. The number of pyridine rings is 1. The Labute approximate surface area is 371 Å². The van der Waals surface area contributed by atoms with E-state index in [0.717, 1.165) is 88.8 Å². The summed E-state index contributed by atoms with van der Waals surface area (Å²) in [5.74, 6) is -0.787. The highest BCUT2D eigenvalue weighted by Gasteiger charge is 2.30. The van der Waals surface area contributed by atoms with Gasteiger partial charge < -0.3 is 34.6 Å². The standard InChI is InChI=1S/C49H65F3N6O5/c1-8-58(9-2)41-16-17-43(42(33-41)44-32-39(18-20-53-44)45(59)54-35-37-13-11-15-40(31-37)49(50,51)52)55-46(60)38-14-10-12-36(30-38)34-48(5,6)62-26-19-47(3,4)63-29-23-56(7)21-22-57-24-27-61-28-25-57/h10-18,20,30-33H,8-9,19,21-29,34-35H2,1-7H3,(H,54,59)(H,55,60). The zero-order valence-corrected chi connectivity index (χ0v) is 37.9. The molecule has 1 aromatic heterocycles. The molecule has 2 heterocycles. The smallest absolute Gasteiger partial charge is 0.379 e. The molecule has 2 N–H and O–H groups in total. The van der Waals surface area contributed by atoms with E-state index in [1.807, 2.05) is 50.2 Å². The second kappa shape index (κ2) is 22.7. The maximum Gasteiger partial charge on any atom is 0.416 e. The number of likely N-dealkylation sites (N-methyl/N-ethyl adjacent to an activating group) is 1. The number of benzene rings is 3. The van der Waals surface area contributed by atoms with E-state index < -0.39 is 23.2 Å². The molecular formula is C49H65F3N6O5. The highest BCUT2D eigenvalue weighted by atomic mass is 19.4. The van der Waals surface area contributed by atoms with Crippen molar-refractivity contribution in [3.63, 3.8) is 0 Å². The van der Waals surface area contributed by atoms with E-state index in [0.29, 0.717) is 47.7 Å². The van der Waals surface area contributed by atoms with Crippen molar-refractivity contribution in [2.24, 2.45) is 0 Å². The van der Waals surface area contributed by atoms with Crippen LogP contribution in [0.1, 0.15) is 85.4 Å². The van der Waals surface area contributed by atoms with Crippen LogP contribution in [-0.4, -0.2) is 117 Å². The lowest BCUT2D eigenvalue weighted by molar-refractivity contribution is -0.137. The molecule has 3 aromatic carbocycles. The van der Waals surface area contributed by atoms with Gasteiger partial charge >= 0.3 is 6.18 Å². The molecule has 11 nitrogen and oxygen atoms in total. The van der Waals surface area contributed by atoms with Crippen LogP contribution in [0.3, 0.4) is 0 Å². The predicted molar refractivity (Wildman–Crippen MR) is 243 cm³/mol. The van der Waals surface area contributed by atoms with Crippen molar-refractivity contribution in [1.29, 1.82) is 0 Å². The van der Waals surface area contributed by atoms with Gasteiger partial charge in [0.05, 0.1) is 54.6 Å². The second-order valence-corrected chi connectivity index (χ2v) is 17.3. The van der Waals surface area contributed by atoms with E-state index >= 15 is 0 Å². The van der Waals surface area contributed by atoms with Gasteiger partial charge in [-0.1, -0.05) is 24.3 Å². The molecule has 0 bridgehead atoms. The molecule has 1 saturated heterocycles. The number of carbonyl (C=O) groups excluding carboxylic acids is 2. The molecule has 1 fully saturated rings. The van der Waals surface area contributed by atoms with Crippen LogP contribution in [0.15, 0.2) is 85.1 Å². The van der Waals surface area contributed by atoms with Gasteiger partial charge in [-0.3, -0.25) is 19.5 Å². The third-order valence-electron chi connectivity index (χ3n) is 11.3. The topological polar surface area (TPSA) is 109 Å². The first-order valence-electron chi connectivity index (χ1n) is 21.9. The molecule has 0 radical (unpaired) electrons. The van der Waals surface area contributed by atoms with Crippen LogP contribution in [0.2, 0.25) is 0 Å². The molecule has 4 aromatic rings. The van der Waals surface area contributed by atoms with E-state index in [-0.39, 0.29) is 23.6 Å². The van der Waals surface area contributed by atoms with Gasteiger partial charge in [-0.05, 0) is 121 Å². The zero-order valence-electron chi connectivity index (χ0n) is 37.9. The number of aromatic nitrogens is 1. The molecule has 2 amide bonds. The summed E-state index contributed by atoms with van der Waals surface area (Å²) in [4.78, 5) is 38.7. The predicted octanol–water partition coefficient (Wildman–Crippen LogP) is 8.58. The Morgan fingerprint density at radius 3 is 2.24 bits per heavy atom. The summed E-state index contributed by atoms with van der Waals surface area (Å²) in [5.41, 5.74) is 2.84. The summed E-state index contributed by atoms with van der Waals surface area (Å²) < 4.78 is 57.9. The molecule has 342 valence electrons. The van der Waals surface area contributed by atoms with Crippen molar-refractivity contribution in [1.82, 2.24) is 20.1 Å². The summed E-state index contributed by atoms with van der Waals surface area (Å²) in [5, 5.41) is 5.80. The average Bonchev–Trinajstić information content (AvgIpc) is 3.25. The molecule has 63 heavy (non-hydrogen) atoms. The van der Waals surface area contributed by atoms with Crippen molar-refractivity contribution >= 4 is 23.2 Å². The zero-order chi connectivity index (χ0) is 45.6. The largest absolute Gasteiger partial charge is 0.416 e. The summed E-state index contributed by atoms with van der Waals surface area (Å²) in [6.45, 7) is 21.4. The Kier molecular flexibility index (Phi) is 17.7. The lowest BCUT2D eigenvalue weighted by Crippen LogP contribution is -2.41. The Hall–Kier alpha value is -4.86. The lowest BCUT2D eigenvalue weighted by atomic mass is 9.96. The molecule has 14 heteroatoms. The van der Waals surface area contributed by atoms with E-state index in [1.165, 1.54) is 24.4 Å². The van der Waals surface area contributed by atoms with Gasteiger partial charge in [0.15, 0.2) is 0 Å².